The van der Waals surface area contributed by atoms with Crippen LogP contribution in [-0.2, 0) is 16.1 Å². The molecule has 7 heteroatoms. The predicted molar refractivity (Wildman–Crippen MR) is 100 cm³/mol. The smallest absolute Gasteiger partial charge is 0.264 e. The second-order valence-corrected chi connectivity index (χ2v) is 6.56. The lowest BCUT2D eigenvalue weighted by molar-refractivity contribution is -0.131. The molecule has 132 valence electrons. The van der Waals surface area contributed by atoms with Gasteiger partial charge in [0.1, 0.15) is 0 Å². The lowest BCUT2D eigenvalue weighted by Crippen LogP contribution is -2.36. The molecule has 0 saturated carbocycles. The van der Waals surface area contributed by atoms with Gasteiger partial charge in [-0.25, -0.2) is 0 Å². The number of nitrogens with one attached hydrogen (secondary N) is 2. The quantitative estimate of drug-likeness (QED) is 0.726. The third-order valence-electron chi connectivity index (χ3n) is 4.38. The van der Waals surface area contributed by atoms with Crippen LogP contribution in [0.3, 0.4) is 0 Å². The number of aromatic amines is 1. The summed E-state index contributed by atoms with van der Waals surface area (Å²) < 4.78 is 0. The van der Waals surface area contributed by atoms with E-state index < -0.39 is 6.10 Å². The number of H-pyrrole nitrogens is 1. The molecular formula is C19H17ClN4O2. The van der Waals surface area contributed by atoms with E-state index in [0.717, 1.165) is 27.7 Å². The normalized spacial score (nSPS) is 16.3. The van der Waals surface area contributed by atoms with E-state index in [2.05, 4.69) is 20.4 Å². The van der Waals surface area contributed by atoms with Gasteiger partial charge in [-0.2, -0.15) is 0 Å². The third-order valence-corrected chi connectivity index (χ3v) is 4.61. The summed E-state index contributed by atoms with van der Waals surface area (Å²) in [5.41, 5.74) is 3.76. The number of halogens is 1. The van der Waals surface area contributed by atoms with E-state index in [1.54, 1.807) is 12.4 Å². The molecule has 3 aromatic rings. The summed E-state index contributed by atoms with van der Waals surface area (Å²) in [6.07, 6.45) is 5.91. The Labute approximate surface area is 155 Å². The second-order valence-electron chi connectivity index (χ2n) is 6.12. The Bertz CT molecular complexity index is 968. The molecule has 1 atom stereocenters. The van der Waals surface area contributed by atoms with Crippen LogP contribution in [0.25, 0.3) is 10.9 Å². The molecule has 4 rings (SSSR count). The predicted octanol–water partition coefficient (Wildman–Crippen LogP) is 3.07. The van der Waals surface area contributed by atoms with Gasteiger partial charge in [0.05, 0.1) is 5.71 Å². The number of pyridine rings is 1. The molecular weight excluding hydrogens is 352 g/mol. The lowest BCUT2D eigenvalue weighted by Gasteiger charge is -2.09. The summed E-state index contributed by atoms with van der Waals surface area (Å²) in [6.45, 7) is 0.514. The van der Waals surface area contributed by atoms with Crippen LogP contribution in [0.2, 0.25) is 5.02 Å². The average Bonchev–Trinajstić information content (AvgIpc) is 3.30. The van der Waals surface area contributed by atoms with Gasteiger partial charge in [0.2, 0.25) is 6.10 Å². The van der Waals surface area contributed by atoms with E-state index in [4.69, 9.17) is 16.4 Å². The molecule has 0 fully saturated rings. The molecule has 1 aliphatic heterocycles. The van der Waals surface area contributed by atoms with Crippen LogP contribution in [-0.4, -0.2) is 34.2 Å². The highest BCUT2D eigenvalue weighted by Crippen LogP contribution is 2.22. The van der Waals surface area contributed by atoms with Crippen LogP contribution < -0.4 is 5.32 Å². The molecule has 0 saturated heterocycles. The molecule has 26 heavy (non-hydrogen) atoms. The van der Waals surface area contributed by atoms with E-state index in [1.807, 2.05) is 36.5 Å². The SMILES string of the molecule is O=C(NCCc1c[nH]c2ccc(Cl)cc12)[C@H]1CC(c2cccnc2)=NO1. The van der Waals surface area contributed by atoms with Crippen molar-refractivity contribution in [1.82, 2.24) is 15.3 Å². The monoisotopic (exact) mass is 368 g/mol. The summed E-state index contributed by atoms with van der Waals surface area (Å²) in [5, 5.41) is 8.70. The van der Waals surface area contributed by atoms with Gasteiger partial charge >= 0.3 is 0 Å². The van der Waals surface area contributed by atoms with Crippen LogP contribution in [0.5, 0.6) is 0 Å². The Balaban J connectivity index is 1.31. The molecule has 6 nitrogen and oxygen atoms in total. The molecule has 0 unspecified atom stereocenters. The number of carbonyl (C=O) groups excluding carboxylic acids is 1. The number of amides is 1. The lowest BCUT2D eigenvalue weighted by atomic mass is 10.1. The molecule has 0 spiro atoms. The highest BCUT2D eigenvalue weighted by Gasteiger charge is 2.28. The van der Waals surface area contributed by atoms with Gasteiger partial charge in [0.15, 0.2) is 0 Å². The Morgan fingerprint density at radius 1 is 1.38 bits per heavy atom. The molecule has 0 aliphatic carbocycles. The number of hydrogen-bond acceptors (Lipinski definition) is 4. The summed E-state index contributed by atoms with van der Waals surface area (Å²) >= 11 is 6.06. The number of fused-ring (bicyclic) bond motifs is 1. The largest absolute Gasteiger partial charge is 0.382 e. The van der Waals surface area contributed by atoms with Gasteiger partial charge in [0, 0.05) is 53.0 Å². The minimum Gasteiger partial charge on any atom is -0.382 e. The summed E-state index contributed by atoms with van der Waals surface area (Å²) in [4.78, 5) is 24.9. The van der Waals surface area contributed by atoms with Gasteiger partial charge in [-0.1, -0.05) is 16.8 Å². The van der Waals surface area contributed by atoms with Crippen LogP contribution in [0, 0.1) is 0 Å². The maximum Gasteiger partial charge on any atom is 0.264 e. The van der Waals surface area contributed by atoms with E-state index in [1.165, 1.54) is 0 Å². The molecule has 1 aromatic carbocycles. The van der Waals surface area contributed by atoms with Crippen LogP contribution in [0.4, 0.5) is 0 Å². The summed E-state index contributed by atoms with van der Waals surface area (Å²) in [5.74, 6) is -0.162. The zero-order valence-corrected chi connectivity index (χ0v) is 14.7. The first-order valence-corrected chi connectivity index (χ1v) is 8.75. The van der Waals surface area contributed by atoms with Crippen molar-refractivity contribution in [2.45, 2.75) is 18.9 Å². The van der Waals surface area contributed by atoms with Gasteiger partial charge in [0.25, 0.3) is 5.91 Å². The summed E-state index contributed by atoms with van der Waals surface area (Å²) in [7, 11) is 0. The van der Waals surface area contributed by atoms with Crippen molar-refractivity contribution >= 4 is 34.1 Å². The number of carbonyl (C=O) groups is 1. The molecule has 3 heterocycles. The third kappa shape index (κ3) is 3.41. The maximum absolute atomic E-state index is 12.3. The Hall–Kier alpha value is -2.86. The number of hydrogen-bond donors (Lipinski definition) is 2. The highest BCUT2D eigenvalue weighted by atomic mass is 35.5. The average molecular weight is 369 g/mol. The molecule has 0 bridgehead atoms. The fourth-order valence-corrected chi connectivity index (χ4v) is 3.19. The number of rotatable bonds is 5. The number of benzene rings is 1. The number of nitrogens with zero attached hydrogens (tertiary/aromatic N) is 2. The van der Waals surface area contributed by atoms with E-state index in [-0.39, 0.29) is 5.91 Å². The van der Waals surface area contributed by atoms with Crippen molar-refractivity contribution in [3.8, 4) is 0 Å². The van der Waals surface area contributed by atoms with E-state index in [9.17, 15) is 4.79 Å². The Morgan fingerprint density at radius 3 is 3.15 bits per heavy atom. The molecule has 2 aromatic heterocycles. The van der Waals surface area contributed by atoms with Crippen molar-refractivity contribution in [2.24, 2.45) is 5.16 Å². The Morgan fingerprint density at radius 2 is 2.31 bits per heavy atom. The number of aromatic nitrogens is 2. The minimum absolute atomic E-state index is 0.162. The van der Waals surface area contributed by atoms with Crippen LogP contribution >= 0.6 is 11.6 Å². The van der Waals surface area contributed by atoms with Crippen molar-refractivity contribution < 1.29 is 9.63 Å². The molecule has 1 aliphatic rings. The van der Waals surface area contributed by atoms with Crippen LogP contribution in [0.15, 0.2) is 54.1 Å². The first-order chi connectivity index (χ1) is 12.7. The highest BCUT2D eigenvalue weighted by molar-refractivity contribution is 6.31. The molecule has 0 radical (unpaired) electrons. The zero-order valence-electron chi connectivity index (χ0n) is 13.9. The molecule has 2 N–H and O–H groups in total. The first-order valence-electron chi connectivity index (χ1n) is 8.37. The van der Waals surface area contributed by atoms with Crippen molar-refractivity contribution in [2.75, 3.05) is 6.54 Å². The van der Waals surface area contributed by atoms with Gasteiger partial charge in [-0.15, -0.1) is 0 Å². The zero-order chi connectivity index (χ0) is 17.9. The first kappa shape index (κ1) is 16.6. The van der Waals surface area contributed by atoms with Gasteiger partial charge in [-0.3, -0.25) is 9.78 Å². The fourth-order valence-electron chi connectivity index (χ4n) is 3.01. The maximum atomic E-state index is 12.3. The Kier molecular flexibility index (Phi) is 4.58. The fraction of sp³-hybridized carbons (Fsp3) is 0.211. The van der Waals surface area contributed by atoms with Gasteiger partial charge < -0.3 is 15.1 Å². The topological polar surface area (TPSA) is 79.4 Å². The van der Waals surface area contributed by atoms with Crippen molar-refractivity contribution in [3.63, 3.8) is 0 Å². The second kappa shape index (κ2) is 7.17. The van der Waals surface area contributed by atoms with Gasteiger partial charge in [-0.05, 0) is 42.3 Å². The molecule has 1 amide bonds. The number of oxime groups is 1. The van der Waals surface area contributed by atoms with E-state index in [0.29, 0.717) is 24.4 Å². The standard InChI is InChI=1S/C19H17ClN4O2/c20-14-3-4-16-15(8-14)12(11-23-16)5-7-22-19(25)18-9-17(24-26-18)13-2-1-6-21-10-13/h1-4,6,8,10-11,18,23H,5,7,9H2,(H,22,25)/t18-/m1/s1. The van der Waals surface area contributed by atoms with Crippen LogP contribution in [0.1, 0.15) is 17.5 Å². The summed E-state index contributed by atoms with van der Waals surface area (Å²) in [6, 6.07) is 9.46. The van der Waals surface area contributed by atoms with E-state index >= 15 is 0 Å². The van der Waals surface area contributed by atoms with Crippen molar-refractivity contribution in [1.29, 1.82) is 0 Å². The van der Waals surface area contributed by atoms with Crippen molar-refractivity contribution in [3.05, 3.63) is 65.1 Å². The minimum atomic E-state index is -0.595.